The second-order valence-corrected chi connectivity index (χ2v) is 6.07. The van der Waals surface area contributed by atoms with Gasteiger partial charge in [-0.1, -0.05) is 12.1 Å². The van der Waals surface area contributed by atoms with Gasteiger partial charge < -0.3 is 25.4 Å². The lowest BCUT2D eigenvalue weighted by Gasteiger charge is -2.12. The zero-order valence-electron chi connectivity index (χ0n) is 16.7. The van der Waals surface area contributed by atoms with Crippen molar-refractivity contribution in [2.75, 3.05) is 24.9 Å². The van der Waals surface area contributed by atoms with Crippen molar-refractivity contribution in [2.24, 2.45) is 0 Å². The number of methoxy groups -OCH3 is 2. The maximum Gasteiger partial charge on any atom is 0.272 e. The van der Waals surface area contributed by atoms with Crippen molar-refractivity contribution >= 4 is 35.2 Å². The number of hydrogen-bond acceptors (Lipinski definition) is 5. The predicted octanol–water partition coefficient (Wildman–Crippen LogP) is 2.78. The van der Waals surface area contributed by atoms with Crippen LogP contribution in [0.2, 0.25) is 0 Å². The fourth-order valence-electron chi connectivity index (χ4n) is 2.53. The Labute approximate surface area is 168 Å². The molecule has 0 aromatic heterocycles. The fraction of sp³-hybridized carbons (Fsp3) is 0.190. The average molecular weight is 397 g/mol. The average Bonchev–Trinajstić information content (AvgIpc) is 2.66. The molecule has 0 fully saturated rings. The first kappa shape index (κ1) is 21.5. The van der Waals surface area contributed by atoms with Gasteiger partial charge in [-0.05, 0) is 42.0 Å². The Bertz CT molecular complexity index is 953. The van der Waals surface area contributed by atoms with E-state index in [4.69, 9.17) is 9.47 Å². The van der Waals surface area contributed by atoms with Gasteiger partial charge in [0, 0.05) is 25.2 Å². The van der Waals surface area contributed by atoms with Crippen LogP contribution in [0, 0.1) is 0 Å². The molecule has 2 rings (SSSR count). The number of ether oxygens (including phenoxy) is 2. The Kier molecular flexibility index (Phi) is 7.36. The molecule has 0 bridgehead atoms. The van der Waals surface area contributed by atoms with Crippen LogP contribution in [-0.2, 0) is 14.4 Å². The third-order valence-corrected chi connectivity index (χ3v) is 3.71. The van der Waals surface area contributed by atoms with Gasteiger partial charge in [-0.15, -0.1) is 0 Å². The minimum atomic E-state index is -0.519. The highest BCUT2D eigenvalue weighted by molar-refractivity contribution is 6.08. The molecule has 3 N–H and O–H groups in total. The van der Waals surface area contributed by atoms with Gasteiger partial charge in [0.2, 0.25) is 11.8 Å². The number of hydrogen-bond donors (Lipinski definition) is 3. The van der Waals surface area contributed by atoms with Gasteiger partial charge in [-0.3, -0.25) is 14.4 Å². The van der Waals surface area contributed by atoms with E-state index in [9.17, 15) is 14.4 Å². The van der Waals surface area contributed by atoms with E-state index in [1.807, 2.05) is 0 Å². The van der Waals surface area contributed by atoms with Crippen LogP contribution >= 0.6 is 0 Å². The highest BCUT2D eigenvalue weighted by Crippen LogP contribution is 2.28. The van der Waals surface area contributed by atoms with Crippen LogP contribution in [-0.4, -0.2) is 31.9 Å². The zero-order valence-corrected chi connectivity index (χ0v) is 16.7. The van der Waals surface area contributed by atoms with Gasteiger partial charge in [-0.25, -0.2) is 0 Å². The third kappa shape index (κ3) is 6.39. The van der Waals surface area contributed by atoms with Crippen molar-refractivity contribution in [3.8, 4) is 11.5 Å². The minimum Gasteiger partial charge on any atom is -0.493 e. The summed E-state index contributed by atoms with van der Waals surface area (Å²) in [4.78, 5) is 35.5. The fourth-order valence-corrected chi connectivity index (χ4v) is 2.53. The number of benzene rings is 2. The maximum absolute atomic E-state index is 12.7. The lowest BCUT2D eigenvalue weighted by Crippen LogP contribution is -2.29. The molecular formula is C21H23N3O5. The monoisotopic (exact) mass is 397 g/mol. The van der Waals surface area contributed by atoms with Crippen LogP contribution in [0.3, 0.4) is 0 Å². The SMILES string of the molecule is COc1ccc(/C=C(\NC(C)=O)C(=O)Nc2cccc(NC(C)=O)c2)cc1OC. The van der Waals surface area contributed by atoms with Crippen LogP contribution in [0.15, 0.2) is 48.2 Å². The van der Waals surface area contributed by atoms with Crippen LogP contribution in [0.4, 0.5) is 11.4 Å². The van der Waals surface area contributed by atoms with Gasteiger partial charge in [0.15, 0.2) is 11.5 Å². The second-order valence-electron chi connectivity index (χ2n) is 6.07. The lowest BCUT2D eigenvalue weighted by atomic mass is 10.1. The summed E-state index contributed by atoms with van der Waals surface area (Å²) in [5.41, 5.74) is 1.69. The molecule has 0 aliphatic rings. The van der Waals surface area contributed by atoms with Crippen molar-refractivity contribution in [2.45, 2.75) is 13.8 Å². The van der Waals surface area contributed by atoms with Gasteiger partial charge in [-0.2, -0.15) is 0 Å². The van der Waals surface area contributed by atoms with Crippen LogP contribution < -0.4 is 25.4 Å². The molecule has 29 heavy (non-hydrogen) atoms. The van der Waals surface area contributed by atoms with E-state index in [0.29, 0.717) is 28.4 Å². The highest BCUT2D eigenvalue weighted by Gasteiger charge is 2.13. The van der Waals surface area contributed by atoms with Crippen molar-refractivity contribution in [1.29, 1.82) is 0 Å². The van der Waals surface area contributed by atoms with Gasteiger partial charge in [0.25, 0.3) is 5.91 Å². The Morgan fingerprint density at radius 1 is 0.828 bits per heavy atom. The summed E-state index contributed by atoms with van der Waals surface area (Å²) in [6, 6.07) is 11.8. The van der Waals surface area contributed by atoms with Crippen LogP contribution in [0.25, 0.3) is 6.08 Å². The van der Waals surface area contributed by atoms with Crippen molar-refractivity contribution in [3.63, 3.8) is 0 Å². The zero-order chi connectivity index (χ0) is 21.4. The van der Waals surface area contributed by atoms with Crippen molar-refractivity contribution in [3.05, 3.63) is 53.7 Å². The smallest absolute Gasteiger partial charge is 0.272 e. The molecule has 3 amide bonds. The number of anilines is 2. The van der Waals surface area contributed by atoms with E-state index >= 15 is 0 Å². The summed E-state index contributed by atoms with van der Waals surface area (Å²) < 4.78 is 10.5. The molecule has 0 aliphatic carbocycles. The number of rotatable bonds is 7. The second kappa shape index (κ2) is 9.93. The molecule has 0 saturated carbocycles. The van der Waals surface area contributed by atoms with Gasteiger partial charge >= 0.3 is 0 Å². The Balaban J connectivity index is 2.30. The Morgan fingerprint density at radius 2 is 1.48 bits per heavy atom. The first-order valence-corrected chi connectivity index (χ1v) is 8.72. The topological polar surface area (TPSA) is 106 Å². The summed E-state index contributed by atoms with van der Waals surface area (Å²) in [6.45, 7) is 2.71. The Morgan fingerprint density at radius 3 is 2.07 bits per heavy atom. The largest absolute Gasteiger partial charge is 0.493 e. The Hall–Kier alpha value is -3.81. The first-order chi connectivity index (χ1) is 13.8. The molecule has 0 spiro atoms. The number of amides is 3. The van der Waals surface area contributed by atoms with Crippen LogP contribution in [0.1, 0.15) is 19.4 Å². The normalized spacial score (nSPS) is 10.7. The first-order valence-electron chi connectivity index (χ1n) is 8.72. The van der Waals surface area contributed by atoms with E-state index in [-0.39, 0.29) is 17.5 Å². The standard InChI is InChI=1S/C21H23N3O5/c1-13(25)22-16-6-5-7-17(12-16)24-21(27)18(23-14(2)26)10-15-8-9-19(28-3)20(11-15)29-4/h5-12H,1-4H3,(H,22,25)(H,23,26)(H,24,27)/b18-10-. The van der Waals surface area contributed by atoms with E-state index in [0.717, 1.165) is 0 Å². The molecule has 0 heterocycles. The highest BCUT2D eigenvalue weighted by atomic mass is 16.5. The van der Waals surface area contributed by atoms with E-state index < -0.39 is 5.91 Å². The molecule has 0 aliphatic heterocycles. The number of nitrogens with one attached hydrogen (secondary N) is 3. The molecular weight excluding hydrogens is 374 g/mol. The van der Waals surface area contributed by atoms with E-state index in [1.165, 1.54) is 34.1 Å². The van der Waals surface area contributed by atoms with Crippen molar-refractivity contribution in [1.82, 2.24) is 5.32 Å². The van der Waals surface area contributed by atoms with Crippen molar-refractivity contribution < 1.29 is 23.9 Å². The van der Waals surface area contributed by atoms with Gasteiger partial charge in [0.1, 0.15) is 5.70 Å². The van der Waals surface area contributed by atoms with E-state index in [2.05, 4.69) is 16.0 Å². The predicted molar refractivity (Wildman–Crippen MR) is 111 cm³/mol. The molecule has 2 aromatic carbocycles. The minimum absolute atomic E-state index is 0.0506. The molecule has 0 atom stereocenters. The molecule has 8 nitrogen and oxygen atoms in total. The summed E-state index contributed by atoms with van der Waals surface area (Å²) in [7, 11) is 3.04. The maximum atomic E-state index is 12.7. The third-order valence-electron chi connectivity index (χ3n) is 3.71. The van der Waals surface area contributed by atoms with Gasteiger partial charge in [0.05, 0.1) is 14.2 Å². The van der Waals surface area contributed by atoms with Crippen LogP contribution in [0.5, 0.6) is 11.5 Å². The lowest BCUT2D eigenvalue weighted by molar-refractivity contribution is -0.120. The van der Waals surface area contributed by atoms with E-state index in [1.54, 1.807) is 42.5 Å². The summed E-state index contributed by atoms with van der Waals surface area (Å²) in [5.74, 6) is -0.0913. The summed E-state index contributed by atoms with van der Waals surface area (Å²) >= 11 is 0. The number of carbonyl (C=O) groups is 3. The quantitative estimate of drug-likeness (QED) is 0.623. The molecule has 0 saturated heterocycles. The number of carbonyl (C=O) groups excluding carboxylic acids is 3. The molecule has 2 aromatic rings. The molecule has 8 heteroatoms. The molecule has 0 unspecified atom stereocenters. The summed E-state index contributed by atoms with van der Waals surface area (Å²) in [5, 5.41) is 7.88. The summed E-state index contributed by atoms with van der Waals surface area (Å²) in [6.07, 6.45) is 1.52. The molecule has 152 valence electrons. The molecule has 0 radical (unpaired) electrons.